The second-order valence-electron chi connectivity index (χ2n) is 6.12. The number of rotatable bonds is 5. The molecular formula is C17H20N4O2. The van der Waals surface area contributed by atoms with Gasteiger partial charge in [-0.15, -0.1) is 0 Å². The van der Waals surface area contributed by atoms with Crippen molar-refractivity contribution in [2.45, 2.75) is 39.2 Å². The van der Waals surface area contributed by atoms with Gasteiger partial charge in [0, 0.05) is 29.2 Å². The van der Waals surface area contributed by atoms with Crippen molar-refractivity contribution in [1.29, 1.82) is 0 Å². The van der Waals surface area contributed by atoms with Crippen LogP contribution in [-0.2, 0) is 17.6 Å². The van der Waals surface area contributed by atoms with Crippen molar-refractivity contribution in [3.8, 4) is 11.4 Å². The zero-order valence-electron chi connectivity index (χ0n) is 13.3. The third-order valence-corrected chi connectivity index (χ3v) is 4.08. The summed E-state index contributed by atoms with van der Waals surface area (Å²) >= 11 is 0. The van der Waals surface area contributed by atoms with Crippen LogP contribution in [0.25, 0.3) is 11.4 Å². The maximum absolute atomic E-state index is 11.5. The lowest BCUT2D eigenvalue weighted by Crippen LogP contribution is -2.35. The molecule has 2 N–H and O–H groups in total. The smallest absolute Gasteiger partial charge is 0.326 e. The van der Waals surface area contributed by atoms with Crippen LogP contribution >= 0.6 is 0 Å². The molecule has 2 aromatic rings. The average molecular weight is 312 g/mol. The summed E-state index contributed by atoms with van der Waals surface area (Å²) < 4.78 is 0. The van der Waals surface area contributed by atoms with E-state index in [9.17, 15) is 9.90 Å². The summed E-state index contributed by atoms with van der Waals surface area (Å²) in [5.74, 6) is 0.330. The van der Waals surface area contributed by atoms with Crippen LogP contribution in [0.2, 0.25) is 0 Å². The van der Waals surface area contributed by atoms with Crippen molar-refractivity contribution in [1.82, 2.24) is 15.0 Å². The first kappa shape index (κ1) is 15.4. The highest BCUT2D eigenvalue weighted by Gasteiger charge is 2.26. The largest absolute Gasteiger partial charge is 0.480 e. The van der Waals surface area contributed by atoms with Crippen LogP contribution in [0.4, 0.5) is 5.82 Å². The van der Waals surface area contributed by atoms with Crippen LogP contribution in [-0.4, -0.2) is 32.1 Å². The van der Waals surface area contributed by atoms with Gasteiger partial charge in [0.25, 0.3) is 0 Å². The third kappa shape index (κ3) is 3.16. The minimum Gasteiger partial charge on any atom is -0.480 e. The molecule has 0 aliphatic heterocycles. The highest BCUT2D eigenvalue weighted by atomic mass is 16.4. The van der Waals surface area contributed by atoms with Gasteiger partial charge in [-0.25, -0.2) is 14.8 Å². The molecule has 0 fully saturated rings. The van der Waals surface area contributed by atoms with Gasteiger partial charge in [0.05, 0.1) is 0 Å². The Morgan fingerprint density at radius 1 is 1.30 bits per heavy atom. The topological polar surface area (TPSA) is 88.0 Å². The Kier molecular flexibility index (Phi) is 4.23. The fourth-order valence-electron chi connectivity index (χ4n) is 2.84. The molecule has 0 aromatic carbocycles. The number of nitrogens with zero attached hydrogens (tertiary/aromatic N) is 3. The minimum absolute atomic E-state index is 0.0404. The van der Waals surface area contributed by atoms with E-state index in [2.05, 4.69) is 20.3 Å². The van der Waals surface area contributed by atoms with E-state index >= 15 is 0 Å². The van der Waals surface area contributed by atoms with E-state index in [0.29, 0.717) is 11.6 Å². The van der Waals surface area contributed by atoms with Crippen molar-refractivity contribution in [3.05, 3.63) is 35.8 Å². The molecule has 2 aromatic heterocycles. The Morgan fingerprint density at radius 2 is 2.13 bits per heavy atom. The number of anilines is 1. The molecule has 0 saturated carbocycles. The molecule has 6 nitrogen and oxygen atoms in total. The number of nitrogens with one attached hydrogen (secondary N) is 1. The molecule has 2 heterocycles. The number of carboxylic acid groups (broad SMARTS) is 1. The first-order chi connectivity index (χ1) is 11.1. The maximum atomic E-state index is 11.5. The molecule has 0 saturated heterocycles. The molecular weight excluding hydrogens is 292 g/mol. The van der Waals surface area contributed by atoms with Crippen LogP contribution < -0.4 is 5.32 Å². The predicted octanol–water partition coefficient (Wildman–Crippen LogP) is 2.55. The Bertz CT molecular complexity index is 716. The fourth-order valence-corrected chi connectivity index (χ4v) is 2.84. The van der Waals surface area contributed by atoms with Crippen LogP contribution in [0.1, 0.15) is 31.5 Å². The number of aromatic nitrogens is 3. The summed E-state index contributed by atoms with van der Waals surface area (Å²) in [7, 11) is 0. The van der Waals surface area contributed by atoms with E-state index in [4.69, 9.17) is 0 Å². The number of hydrogen-bond donors (Lipinski definition) is 2. The van der Waals surface area contributed by atoms with Gasteiger partial charge in [-0.1, -0.05) is 13.8 Å². The number of fused-ring (bicyclic) bond motifs is 1. The lowest BCUT2D eigenvalue weighted by atomic mass is 10.0. The van der Waals surface area contributed by atoms with E-state index in [0.717, 1.165) is 36.1 Å². The van der Waals surface area contributed by atoms with E-state index < -0.39 is 12.0 Å². The molecule has 0 spiro atoms. The predicted molar refractivity (Wildman–Crippen MR) is 87.2 cm³/mol. The maximum Gasteiger partial charge on any atom is 0.326 e. The van der Waals surface area contributed by atoms with Crippen molar-refractivity contribution >= 4 is 11.8 Å². The molecule has 1 atom stereocenters. The second-order valence-corrected chi connectivity index (χ2v) is 6.12. The van der Waals surface area contributed by atoms with Gasteiger partial charge in [-0.3, -0.25) is 4.98 Å². The zero-order valence-corrected chi connectivity index (χ0v) is 13.3. The molecule has 0 radical (unpaired) electrons. The number of carbonyl (C=O) groups is 1. The number of carboxylic acids is 1. The summed E-state index contributed by atoms with van der Waals surface area (Å²) in [6, 6.07) is 3.08. The van der Waals surface area contributed by atoms with Gasteiger partial charge in [-0.2, -0.15) is 0 Å². The van der Waals surface area contributed by atoms with Crippen LogP contribution in [0.15, 0.2) is 24.5 Å². The normalized spacial score (nSPS) is 14.6. The quantitative estimate of drug-likeness (QED) is 0.882. The first-order valence-electron chi connectivity index (χ1n) is 7.86. The highest BCUT2D eigenvalue weighted by Crippen LogP contribution is 2.30. The van der Waals surface area contributed by atoms with Crippen LogP contribution in [0.3, 0.4) is 0 Å². The van der Waals surface area contributed by atoms with E-state index in [1.54, 1.807) is 12.4 Å². The molecule has 0 unspecified atom stereocenters. The van der Waals surface area contributed by atoms with Gasteiger partial charge in [0.2, 0.25) is 0 Å². The Labute approximate surface area is 135 Å². The summed E-state index contributed by atoms with van der Waals surface area (Å²) in [6.07, 6.45) is 6.23. The van der Waals surface area contributed by atoms with Gasteiger partial charge < -0.3 is 10.4 Å². The number of aryl methyl sites for hydroxylation is 1. The van der Waals surface area contributed by atoms with Gasteiger partial charge in [0.1, 0.15) is 11.9 Å². The monoisotopic (exact) mass is 312 g/mol. The molecule has 0 amide bonds. The first-order valence-corrected chi connectivity index (χ1v) is 7.86. The van der Waals surface area contributed by atoms with Gasteiger partial charge in [-0.05, 0) is 37.3 Å². The number of hydrogen-bond acceptors (Lipinski definition) is 5. The van der Waals surface area contributed by atoms with Crippen molar-refractivity contribution in [2.24, 2.45) is 5.92 Å². The average Bonchev–Trinajstić information content (AvgIpc) is 3.01. The summed E-state index contributed by atoms with van der Waals surface area (Å²) in [6.45, 7) is 3.77. The molecule has 1 aliphatic carbocycles. The molecule has 120 valence electrons. The fraction of sp³-hybridized carbons (Fsp3) is 0.412. The van der Waals surface area contributed by atoms with Gasteiger partial charge >= 0.3 is 5.97 Å². The standard InChI is InChI=1S/C17H20N4O2/c1-10(2)14(17(22)23)20-16-12-6-3-7-13(12)19-15(21-16)11-5-4-8-18-9-11/h4-5,8-10,14H,3,6-7H2,1-2H3,(H,22,23)(H,19,20,21)/t14-/m0/s1. The Hall–Kier alpha value is -2.50. The summed E-state index contributed by atoms with van der Waals surface area (Å²) in [4.78, 5) is 24.8. The number of aliphatic carboxylic acids is 1. The second kappa shape index (κ2) is 6.32. The van der Waals surface area contributed by atoms with E-state index in [-0.39, 0.29) is 5.92 Å². The van der Waals surface area contributed by atoms with Crippen molar-refractivity contribution < 1.29 is 9.90 Å². The van der Waals surface area contributed by atoms with Crippen LogP contribution in [0, 0.1) is 5.92 Å². The minimum atomic E-state index is -0.867. The highest BCUT2D eigenvalue weighted by molar-refractivity contribution is 5.78. The molecule has 6 heteroatoms. The van der Waals surface area contributed by atoms with E-state index in [1.165, 1.54) is 0 Å². The van der Waals surface area contributed by atoms with Crippen molar-refractivity contribution in [3.63, 3.8) is 0 Å². The molecule has 1 aliphatic rings. The third-order valence-electron chi connectivity index (χ3n) is 4.08. The van der Waals surface area contributed by atoms with Crippen molar-refractivity contribution in [2.75, 3.05) is 5.32 Å². The summed E-state index contributed by atoms with van der Waals surface area (Å²) in [5, 5.41) is 12.5. The Balaban J connectivity index is 2.02. The number of pyridine rings is 1. The SMILES string of the molecule is CC(C)[C@H](Nc1nc(-c2cccnc2)nc2c1CCC2)C(=O)O. The lowest BCUT2D eigenvalue weighted by molar-refractivity contribution is -0.138. The lowest BCUT2D eigenvalue weighted by Gasteiger charge is -2.20. The Morgan fingerprint density at radius 3 is 2.78 bits per heavy atom. The molecule has 0 bridgehead atoms. The summed E-state index contributed by atoms with van der Waals surface area (Å²) in [5.41, 5.74) is 2.89. The van der Waals surface area contributed by atoms with Gasteiger partial charge in [0.15, 0.2) is 5.82 Å². The molecule has 3 rings (SSSR count). The van der Waals surface area contributed by atoms with Crippen LogP contribution in [0.5, 0.6) is 0 Å². The zero-order chi connectivity index (χ0) is 16.4. The molecule has 23 heavy (non-hydrogen) atoms. The van der Waals surface area contributed by atoms with E-state index in [1.807, 2.05) is 26.0 Å².